The maximum absolute atomic E-state index is 12.9. The monoisotopic (exact) mass is 435 g/mol. The van der Waals surface area contributed by atoms with Gasteiger partial charge in [0.25, 0.3) is 11.9 Å². The van der Waals surface area contributed by atoms with Crippen LogP contribution in [0.3, 0.4) is 0 Å². The van der Waals surface area contributed by atoms with E-state index in [-0.39, 0.29) is 12.5 Å². The number of aromatic nitrogens is 4. The largest absolute Gasteiger partial charge is 0.496 e. The zero-order chi connectivity index (χ0) is 21.6. The predicted octanol–water partition coefficient (Wildman–Crippen LogP) is 3.48. The average Bonchev–Trinajstić information content (AvgIpc) is 3.49. The molecule has 158 valence electrons. The smallest absolute Gasteiger partial charge is 0.255 e. The highest BCUT2D eigenvalue weighted by atomic mass is 32.1. The van der Waals surface area contributed by atoms with Crippen molar-refractivity contribution in [2.45, 2.75) is 13.2 Å². The Morgan fingerprint density at radius 1 is 1.16 bits per heavy atom. The van der Waals surface area contributed by atoms with Crippen LogP contribution >= 0.6 is 11.3 Å². The molecule has 0 saturated carbocycles. The van der Waals surface area contributed by atoms with Crippen LogP contribution in [0.2, 0.25) is 0 Å². The number of nitrogens with zero attached hydrogens (tertiary/aromatic N) is 4. The van der Waals surface area contributed by atoms with E-state index in [1.165, 1.54) is 6.20 Å². The molecule has 1 aromatic carbocycles. The molecule has 0 aliphatic carbocycles. The Hall–Kier alpha value is -3.56. The number of rotatable bonds is 8. The third-order valence-corrected chi connectivity index (χ3v) is 5.52. The normalized spacial score (nSPS) is 10.8. The minimum absolute atomic E-state index is 0.185. The van der Waals surface area contributed by atoms with Crippen molar-refractivity contribution in [1.82, 2.24) is 25.1 Å². The summed E-state index contributed by atoms with van der Waals surface area (Å²) in [7, 11) is 3.17. The van der Waals surface area contributed by atoms with Gasteiger partial charge in [-0.1, -0.05) is 24.3 Å². The van der Waals surface area contributed by atoms with Crippen molar-refractivity contribution in [1.29, 1.82) is 0 Å². The molecule has 4 aromatic rings. The van der Waals surface area contributed by atoms with Crippen molar-refractivity contribution < 1.29 is 14.3 Å². The minimum atomic E-state index is -0.265. The lowest BCUT2D eigenvalue weighted by Crippen LogP contribution is -2.24. The first kappa shape index (κ1) is 20.7. The van der Waals surface area contributed by atoms with Gasteiger partial charge in [-0.2, -0.15) is 9.78 Å². The van der Waals surface area contributed by atoms with Crippen LogP contribution in [0.1, 0.15) is 21.6 Å². The summed E-state index contributed by atoms with van der Waals surface area (Å²) in [5.41, 5.74) is 2.65. The highest BCUT2D eigenvalue weighted by molar-refractivity contribution is 7.13. The molecule has 31 heavy (non-hydrogen) atoms. The molecule has 8 nitrogen and oxygen atoms in total. The van der Waals surface area contributed by atoms with Gasteiger partial charge in [0.05, 0.1) is 41.7 Å². The second-order valence-corrected chi connectivity index (χ2v) is 7.51. The number of thiophene rings is 1. The van der Waals surface area contributed by atoms with Gasteiger partial charge in [0.15, 0.2) is 0 Å². The fourth-order valence-electron chi connectivity index (χ4n) is 3.14. The maximum atomic E-state index is 12.9. The van der Waals surface area contributed by atoms with Crippen LogP contribution in [-0.4, -0.2) is 39.9 Å². The molecule has 0 aliphatic rings. The van der Waals surface area contributed by atoms with Gasteiger partial charge >= 0.3 is 0 Å². The van der Waals surface area contributed by atoms with Gasteiger partial charge in [-0.3, -0.25) is 4.79 Å². The molecule has 9 heteroatoms. The summed E-state index contributed by atoms with van der Waals surface area (Å²) in [6.45, 7) is 0.509. The second kappa shape index (κ2) is 9.50. The molecule has 1 N–H and O–H groups in total. The molecule has 0 saturated heterocycles. The average molecular weight is 436 g/mol. The predicted molar refractivity (Wildman–Crippen MR) is 117 cm³/mol. The quantitative estimate of drug-likeness (QED) is 0.456. The first-order valence-corrected chi connectivity index (χ1v) is 10.4. The summed E-state index contributed by atoms with van der Waals surface area (Å²) in [4.78, 5) is 22.9. The van der Waals surface area contributed by atoms with E-state index in [0.717, 1.165) is 21.9 Å². The Morgan fingerprint density at radius 2 is 2.03 bits per heavy atom. The van der Waals surface area contributed by atoms with E-state index in [4.69, 9.17) is 9.47 Å². The van der Waals surface area contributed by atoms with Gasteiger partial charge in [0, 0.05) is 25.4 Å². The van der Waals surface area contributed by atoms with E-state index in [0.29, 0.717) is 23.8 Å². The summed E-state index contributed by atoms with van der Waals surface area (Å²) in [5, 5.41) is 9.28. The fraction of sp³-hybridized carbons (Fsp3) is 0.182. The number of hydrogen-bond acceptors (Lipinski definition) is 7. The summed E-state index contributed by atoms with van der Waals surface area (Å²) in [6, 6.07) is 13.3. The van der Waals surface area contributed by atoms with Crippen molar-refractivity contribution >= 4 is 17.2 Å². The van der Waals surface area contributed by atoms with Crippen LogP contribution < -0.4 is 10.1 Å². The number of carbonyl (C=O) groups is 1. The Bertz CT molecular complexity index is 1170. The molecule has 1 amide bonds. The third kappa shape index (κ3) is 4.47. The van der Waals surface area contributed by atoms with Gasteiger partial charge < -0.3 is 14.8 Å². The van der Waals surface area contributed by atoms with Gasteiger partial charge in [-0.15, -0.1) is 11.3 Å². The standard InChI is InChI=1S/C22H21N5O3S/c1-29-14-18-16(21(28)24-12-15-6-3-4-7-19(15)30-2)13-25-27(18)22-23-10-9-17(26-22)20-8-5-11-31-20/h3-11,13H,12,14H2,1-2H3,(H,24,28). The van der Waals surface area contributed by atoms with Gasteiger partial charge in [0.2, 0.25) is 0 Å². The van der Waals surface area contributed by atoms with Crippen molar-refractivity contribution in [2.75, 3.05) is 14.2 Å². The molecule has 0 fully saturated rings. The maximum Gasteiger partial charge on any atom is 0.255 e. The lowest BCUT2D eigenvalue weighted by molar-refractivity contribution is 0.0945. The molecule has 0 aliphatic heterocycles. The molecule has 0 atom stereocenters. The lowest BCUT2D eigenvalue weighted by Gasteiger charge is -2.11. The van der Waals surface area contributed by atoms with Gasteiger partial charge in [0.1, 0.15) is 5.75 Å². The molecule has 0 unspecified atom stereocenters. The Labute approximate surface area is 183 Å². The summed E-state index contributed by atoms with van der Waals surface area (Å²) in [5.74, 6) is 0.828. The van der Waals surface area contributed by atoms with E-state index in [2.05, 4.69) is 20.4 Å². The second-order valence-electron chi connectivity index (χ2n) is 6.56. The molecule has 0 bridgehead atoms. The zero-order valence-corrected chi connectivity index (χ0v) is 17.9. The first-order chi connectivity index (χ1) is 15.2. The number of hydrogen-bond donors (Lipinski definition) is 1. The van der Waals surface area contributed by atoms with Gasteiger partial charge in [-0.05, 0) is 23.6 Å². The molecule has 4 rings (SSSR count). The molecule has 3 aromatic heterocycles. The van der Waals surface area contributed by atoms with Crippen molar-refractivity contribution in [2.24, 2.45) is 0 Å². The van der Waals surface area contributed by atoms with Gasteiger partial charge in [-0.25, -0.2) is 9.97 Å². The van der Waals surface area contributed by atoms with Crippen LogP contribution in [0, 0.1) is 0 Å². The number of nitrogens with one attached hydrogen (secondary N) is 1. The van der Waals surface area contributed by atoms with Crippen LogP contribution in [0.5, 0.6) is 5.75 Å². The topological polar surface area (TPSA) is 91.2 Å². The number of amides is 1. The van der Waals surface area contributed by atoms with E-state index >= 15 is 0 Å². The zero-order valence-electron chi connectivity index (χ0n) is 17.1. The SMILES string of the molecule is COCc1c(C(=O)NCc2ccccc2OC)cnn1-c1nccc(-c2cccs2)n1. The summed E-state index contributed by atoms with van der Waals surface area (Å²) >= 11 is 1.59. The molecule has 3 heterocycles. The van der Waals surface area contributed by atoms with E-state index in [1.807, 2.05) is 47.8 Å². The number of benzene rings is 1. The highest BCUT2D eigenvalue weighted by Crippen LogP contribution is 2.23. The van der Waals surface area contributed by atoms with E-state index in [1.54, 1.807) is 36.4 Å². The number of carbonyl (C=O) groups excluding carboxylic acids is 1. The Kier molecular flexibility index (Phi) is 6.34. The Balaban J connectivity index is 1.60. The Morgan fingerprint density at radius 3 is 2.81 bits per heavy atom. The van der Waals surface area contributed by atoms with Crippen molar-refractivity contribution in [3.05, 3.63) is 77.1 Å². The summed E-state index contributed by atoms with van der Waals surface area (Å²) in [6.07, 6.45) is 3.18. The van der Waals surface area contributed by atoms with Crippen LogP contribution in [-0.2, 0) is 17.9 Å². The van der Waals surface area contributed by atoms with E-state index < -0.39 is 0 Å². The lowest BCUT2D eigenvalue weighted by atomic mass is 10.2. The molecular weight excluding hydrogens is 414 g/mol. The molecule has 0 spiro atoms. The number of methoxy groups -OCH3 is 2. The van der Waals surface area contributed by atoms with Crippen LogP contribution in [0.15, 0.2) is 60.2 Å². The molecule has 0 radical (unpaired) electrons. The van der Waals surface area contributed by atoms with Crippen molar-refractivity contribution in [3.8, 4) is 22.3 Å². The minimum Gasteiger partial charge on any atom is -0.496 e. The first-order valence-electron chi connectivity index (χ1n) is 9.54. The fourth-order valence-corrected chi connectivity index (χ4v) is 3.84. The van der Waals surface area contributed by atoms with E-state index in [9.17, 15) is 4.79 Å². The number of ether oxygens (including phenoxy) is 2. The third-order valence-electron chi connectivity index (χ3n) is 4.63. The highest BCUT2D eigenvalue weighted by Gasteiger charge is 2.20. The summed E-state index contributed by atoms with van der Waals surface area (Å²) < 4.78 is 12.2. The van der Waals surface area contributed by atoms with Crippen molar-refractivity contribution in [3.63, 3.8) is 0 Å². The number of para-hydroxylation sites is 1. The molecular formula is C22H21N5O3S. The van der Waals surface area contributed by atoms with Crippen LogP contribution in [0.4, 0.5) is 0 Å². The van der Waals surface area contributed by atoms with Crippen LogP contribution in [0.25, 0.3) is 16.5 Å².